The Labute approximate surface area is 188 Å². The normalized spacial score (nSPS) is 16.1. The van der Waals surface area contributed by atoms with E-state index in [1.807, 2.05) is 71.4 Å². The van der Waals surface area contributed by atoms with E-state index in [9.17, 15) is 0 Å². The summed E-state index contributed by atoms with van der Waals surface area (Å²) in [6.45, 7) is 0. The molecule has 6 aromatic rings. The molecule has 0 bridgehead atoms. The number of aromatic nitrogens is 5. The number of hydrogen-bond donors (Lipinski definition) is 1. The molecule has 0 radical (unpaired) electrons. The molecule has 1 aliphatic rings. The van der Waals surface area contributed by atoms with Crippen LogP contribution in [0.1, 0.15) is 24.5 Å². The van der Waals surface area contributed by atoms with Gasteiger partial charge in [-0.15, -0.1) is 0 Å². The molecule has 0 saturated carbocycles. The minimum atomic E-state index is -0.0713. The zero-order valence-electron chi connectivity index (χ0n) is 17.6. The SMILES string of the molecule is C1=COC(c2ccc3oc(-c4cn5ccccc5n4)nc3c2-c2nc3ccccc3[nH]2)CC1. The Kier molecular flexibility index (Phi) is 3.90. The first-order valence-corrected chi connectivity index (χ1v) is 11.0. The molecule has 1 aliphatic heterocycles. The van der Waals surface area contributed by atoms with Crippen LogP contribution in [0.3, 0.4) is 0 Å². The van der Waals surface area contributed by atoms with Gasteiger partial charge in [-0.2, -0.15) is 0 Å². The maximum Gasteiger partial charge on any atom is 0.247 e. The van der Waals surface area contributed by atoms with E-state index in [4.69, 9.17) is 19.1 Å². The molecule has 4 aromatic heterocycles. The van der Waals surface area contributed by atoms with Crippen LogP contribution in [-0.4, -0.2) is 24.3 Å². The van der Waals surface area contributed by atoms with E-state index in [1.165, 1.54) is 0 Å². The van der Waals surface area contributed by atoms with Crippen LogP contribution in [0.25, 0.3) is 50.8 Å². The van der Waals surface area contributed by atoms with Gasteiger partial charge in [0.2, 0.25) is 5.89 Å². The zero-order chi connectivity index (χ0) is 21.8. The topological polar surface area (TPSA) is 81.2 Å². The summed E-state index contributed by atoms with van der Waals surface area (Å²) >= 11 is 0. The third-order valence-electron chi connectivity index (χ3n) is 6.08. The van der Waals surface area contributed by atoms with Gasteiger partial charge >= 0.3 is 0 Å². The molecule has 2 aromatic carbocycles. The van der Waals surface area contributed by atoms with E-state index in [0.29, 0.717) is 17.2 Å². The Balaban J connectivity index is 1.46. The molecule has 5 heterocycles. The minimum Gasteiger partial charge on any atom is -0.494 e. The number of benzene rings is 2. The largest absolute Gasteiger partial charge is 0.494 e. The van der Waals surface area contributed by atoms with E-state index < -0.39 is 0 Å². The fourth-order valence-corrected chi connectivity index (χ4v) is 4.51. The number of oxazole rings is 1. The van der Waals surface area contributed by atoms with Crippen molar-refractivity contribution in [1.82, 2.24) is 24.3 Å². The quantitative estimate of drug-likeness (QED) is 0.367. The van der Waals surface area contributed by atoms with Crippen molar-refractivity contribution >= 4 is 27.8 Å². The van der Waals surface area contributed by atoms with Crippen molar-refractivity contribution in [3.05, 3.63) is 84.9 Å². The molecule has 7 heteroatoms. The molecule has 33 heavy (non-hydrogen) atoms. The summed E-state index contributed by atoms with van der Waals surface area (Å²) in [6, 6.07) is 17.9. The molecular formula is C26H19N5O2. The highest BCUT2D eigenvalue weighted by molar-refractivity contribution is 5.94. The summed E-state index contributed by atoms with van der Waals surface area (Å²) in [5.41, 5.74) is 6.79. The molecule has 1 unspecified atom stereocenters. The van der Waals surface area contributed by atoms with Gasteiger partial charge in [-0.1, -0.05) is 24.3 Å². The van der Waals surface area contributed by atoms with Crippen LogP contribution < -0.4 is 0 Å². The molecule has 0 aliphatic carbocycles. The number of nitrogens with one attached hydrogen (secondary N) is 1. The first-order chi connectivity index (χ1) is 16.3. The summed E-state index contributed by atoms with van der Waals surface area (Å²) in [5.74, 6) is 1.23. The second-order valence-electron chi connectivity index (χ2n) is 8.16. The standard InChI is InChI=1S/C26H19N5O2/c1-2-8-18-17(7-1)28-25(29-18)23-16(20-9-4-6-14-32-20)11-12-21-24(23)30-26(33-21)19-15-31-13-5-3-10-22(31)27-19/h1-3,5-8,10-15,20H,4,9H2,(H,28,29). The van der Waals surface area contributed by atoms with Gasteiger partial charge in [0.25, 0.3) is 0 Å². The van der Waals surface area contributed by atoms with Crippen molar-refractivity contribution in [3.63, 3.8) is 0 Å². The first kappa shape index (κ1) is 18.2. The van der Waals surface area contributed by atoms with E-state index in [1.54, 1.807) is 6.26 Å². The van der Waals surface area contributed by atoms with E-state index in [2.05, 4.69) is 16.0 Å². The lowest BCUT2D eigenvalue weighted by atomic mass is 9.96. The number of fused-ring (bicyclic) bond motifs is 3. The lowest BCUT2D eigenvalue weighted by Crippen LogP contribution is -2.06. The van der Waals surface area contributed by atoms with Gasteiger partial charge < -0.3 is 18.5 Å². The molecule has 7 nitrogen and oxygen atoms in total. The second kappa shape index (κ2) is 7.06. The molecule has 0 saturated heterocycles. The number of H-pyrrole nitrogens is 1. The van der Waals surface area contributed by atoms with Gasteiger partial charge in [0.15, 0.2) is 5.58 Å². The average molecular weight is 433 g/mol. The lowest BCUT2D eigenvalue weighted by molar-refractivity contribution is 0.126. The number of ether oxygens (including phenoxy) is 1. The van der Waals surface area contributed by atoms with E-state index >= 15 is 0 Å². The Morgan fingerprint density at radius 1 is 0.970 bits per heavy atom. The van der Waals surface area contributed by atoms with Crippen LogP contribution in [0.15, 0.2) is 83.7 Å². The van der Waals surface area contributed by atoms with Gasteiger partial charge in [-0.05, 0) is 49.2 Å². The highest BCUT2D eigenvalue weighted by atomic mass is 16.5. The van der Waals surface area contributed by atoms with Crippen molar-refractivity contribution in [1.29, 1.82) is 0 Å². The van der Waals surface area contributed by atoms with Crippen molar-refractivity contribution in [2.24, 2.45) is 0 Å². The van der Waals surface area contributed by atoms with Crippen LogP contribution in [0, 0.1) is 0 Å². The number of aromatic amines is 1. The lowest BCUT2D eigenvalue weighted by Gasteiger charge is -2.21. The van der Waals surface area contributed by atoms with Crippen LogP contribution >= 0.6 is 0 Å². The van der Waals surface area contributed by atoms with Gasteiger partial charge in [0.1, 0.15) is 28.8 Å². The third-order valence-corrected chi connectivity index (χ3v) is 6.08. The monoisotopic (exact) mass is 433 g/mol. The summed E-state index contributed by atoms with van der Waals surface area (Å²) in [5, 5.41) is 0. The third kappa shape index (κ3) is 2.93. The maximum atomic E-state index is 6.18. The van der Waals surface area contributed by atoms with Crippen molar-refractivity contribution in [2.75, 3.05) is 0 Å². The molecule has 1 atom stereocenters. The number of allylic oxidation sites excluding steroid dienone is 1. The van der Waals surface area contributed by atoms with Crippen molar-refractivity contribution in [2.45, 2.75) is 18.9 Å². The van der Waals surface area contributed by atoms with Crippen LogP contribution in [0.5, 0.6) is 0 Å². The molecule has 7 rings (SSSR count). The Morgan fingerprint density at radius 3 is 2.79 bits per heavy atom. The van der Waals surface area contributed by atoms with E-state index in [0.717, 1.165) is 52.0 Å². The molecule has 0 amide bonds. The molecule has 0 fully saturated rings. The highest BCUT2D eigenvalue weighted by Crippen LogP contribution is 2.39. The number of nitrogens with zero attached hydrogens (tertiary/aromatic N) is 4. The predicted octanol–water partition coefficient (Wildman–Crippen LogP) is 6.05. The highest BCUT2D eigenvalue weighted by Gasteiger charge is 2.25. The van der Waals surface area contributed by atoms with Gasteiger partial charge in [-0.25, -0.2) is 15.0 Å². The Bertz CT molecular complexity index is 1610. The van der Waals surface area contributed by atoms with Gasteiger partial charge in [0, 0.05) is 18.0 Å². The van der Waals surface area contributed by atoms with Crippen molar-refractivity contribution in [3.8, 4) is 23.0 Å². The van der Waals surface area contributed by atoms with Crippen LogP contribution in [0.2, 0.25) is 0 Å². The molecular weight excluding hydrogens is 414 g/mol. The fraction of sp³-hybridized carbons (Fsp3) is 0.115. The predicted molar refractivity (Wildman–Crippen MR) is 125 cm³/mol. The van der Waals surface area contributed by atoms with Crippen molar-refractivity contribution < 1.29 is 9.15 Å². The number of hydrogen-bond acceptors (Lipinski definition) is 5. The fourth-order valence-electron chi connectivity index (χ4n) is 4.51. The minimum absolute atomic E-state index is 0.0713. The molecule has 1 N–H and O–H groups in total. The number of para-hydroxylation sites is 2. The van der Waals surface area contributed by atoms with Crippen LogP contribution in [-0.2, 0) is 4.74 Å². The Hall–Kier alpha value is -4.39. The maximum absolute atomic E-state index is 6.18. The summed E-state index contributed by atoms with van der Waals surface area (Å²) in [6.07, 6.45) is 9.51. The zero-order valence-corrected chi connectivity index (χ0v) is 17.6. The smallest absolute Gasteiger partial charge is 0.247 e. The van der Waals surface area contributed by atoms with E-state index in [-0.39, 0.29) is 6.10 Å². The number of pyridine rings is 1. The molecule has 160 valence electrons. The summed E-state index contributed by atoms with van der Waals surface area (Å²) < 4.78 is 14.1. The Morgan fingerprint density at radius 2 is 1.91 bits per heavy atom. The number of rotatable bonds is 3. The molecule has 0 spiro atoms. The van der Waals surface area contributed by atoms with Crippen LogP contribution in [0.4, 0.5) is 0 Å². The number of imidazole rings is 2. The van der Waals surface area contributed by atoms with Gasteiger partial charge in [0.05, 0.1) is 22.9 Å². The first-order valence-electron chi connectivity index (χ1n) is 11.0. The summed E-state index contributed by atoms with van der Waals surface area (Å²) in [4.78, 5) is 17.9. The van der Waals surface area contributed by atoms with Gasteiger partial charge in [-0.3, -0.25) is 0 Å². The average Bonchev–Trinajstić information content (AvgIpc) is 3.59. The summed E-state index contributed by atoms with van der Waals surface area (Å²) in [7, 11) is 0. The second-order valence-corrected chi connectivity index (χ2v) is 8.16.